The van der Waals surface area contributed by atoms with E-state index in [9.17, 15) is 29.3 Å². The standard InChI is InChI=1S/C16H23N5O10.Tc/c1-11-17-6-12(21(29)30)20(11)4-5-31-16(28)10-19(9-15(26)27)3-2-18(7-13(22)23)8-14(24)25;/h6H,2-5,7-10H2,1H3,(H,22,23)(H,24,25)(H,26,27);/i;1+1. The number of carboxylic acids is 3. The number of hydrogen-bond donors (Lipinski definition) is 3. The number of hydrogen-bond acceptors (Lipinski definition) is 10. The van der Waals surface area contributed by atoms with Crippen molar-refractivity contribution in [3.8, 4) is 0 Å². The summed E-state index contributed by atoms with van der Waals surface area (Å²) in [6.07, 6.45) is 1.08. The molecule has 32 heavy (non-hydrogen) atoms. The second-order valence-corrected chi connectivity index (χ2v) is 6.40. The molecule has 0 aromatic carbocycles. The number of ether oxygens (including phenoxy) is 1. The van der Waals surface area contributed by atoms with E-state index in [0.717, 1.165) is 16.0 Å². The number of carbonyl (C=O) groups excluding carboxylic acids is 1. The van der Waals surface area contributed by atoms with Crippen LogP contribution >= 0.6 is 0 Å². The second-order valence-electron chi connectivity index (χ2n) is 6.40. The van der Waals surface area contributed by atoms with Gasteiger partial charge in [-0.05, 0) is 4.92 Å². The summed E-state index contributed by atoms with van der Waals surface area (Å²) in [6.45, 7) is -1.07. The van der Waals surface area contributed by atoms with Gasteiger partial charge in [0.25, 0.3) is 0 Å². The van der Waals surface area contributed by atoms with E-state index in [1.165, 1.54) is 4.57 Å². The summed E-state index contributed by atoms with van der Waals surface area (Å²) in [5.41, 5.74) is 0. The molecule has 0 fully saturated rings. The van der Waals surface area contributed by atoms with E-state index < -0.39 is 55.0 Å². The monoisotopic (exact) mass is 544 g/mol. The summed E-state index contributed by atoms with van der Waals surface area (Å²) in [5.74, 6) is -4.47. The van der Waals surface area contributed by atoms with E-state index in [0.29, 0.717) is 5.82 Å². The van der Waals surface area contributed by atoms with Gasteiger partial charge in [0.05, 0.1) is 26.2 Å². The topological polar surface area (TPSA) is 206 Å². The summed E-state index contributed by atoms with van der Waals surface area (Å²) >= 11 is 0. The summed E-state index contributed by atoms with van der Waals surface area (Å²) in [5, 5.41) is 37.6. The van der Waals surface area contributed by atoms with Crippen molar-refractivity contribution in [2.75, 3.05) is 45.9 Å². The molecule has 15 nitrogen and oxygen atoms in total. The van der Waals surface area contributed by atoms with Crippen molar-refractivity contribution in [1.82, 2.24) is 19.4 Å². The van der Waals surface area contributed by atoms with Gasteiger partial charge in [0.2, 0.25) is 0 Å². The van der Waals surface area contributed by atoms with Crippen molar-refractivity contribution in [2.24, 2.45) is 0 Å². The number of aliphatic carboxylic acids is 3. The number of nitro groups is 1. The van der Waals surface area contributed by atoms with Gasteiger partial charge in [0.1, 0.15) is 19.3 Å². The molecule has 0 aliphatic heterocycles. The number of nitrogens with zero attached hydrogens (tertiary/aromatic N) is 5. The molecule has 1 aromatic heterocycles. The zero-order valence-corrected chi connectivity index (χ0v) is 18.9. The SMILES string of the molecule is Cc1ncc([N+](=O)[O-])n1CCOC(=O)CN(CCN(CC(=O)O)CC(=O)O)CC(=O)O.[99Tc]. The van der Waals surface area contributed by atoms with Crippen LogP contribution in [0.4, 0.5) is 5.82 Å². The Morgan fingerprint density at radius 1 is 1.03 bits per heavy atom. The van der Waals surface area contributed by atoms with E-state index in [4.69, 9.17) is 20.1 Å². The van der Waals surface area contributed by atoms with Gasteiger partial charge in [-0.2, -0.15) is 0 Å². The predicted octanol–water partition coefficient (Wildman–Crippen LogP) is -1.50. The Morgan fingerprint density at radius 2 is 1.50 bits per heavy atom. The van der Waals surface area contributed by atoms with Gasteiger partial charge >= 0.3 is 29.7 Å². The fraction of sp³-hybridized carbons (Fsp3) is 0.562. The third-order valence-corrected chi connectivity index (χ3v) is 3.96. The zero-order valence-electron chi connectivity index (χ0n) is 17.0. The number of imidazole rings is 1. The first-order chi connectivity index (χ1) is 14.5. The maximum atomic E-state index is 12.0. The van der Waals surface area contributed by atoms with E-state index in [-0.39, 0.29) is 52.2 Å². The Morgan fingerprint density at radius 3 is 1.94 bits per heavy atom. The van der Waals surface area contributed by atoms with Crippen molar-refractivity contribution in [3.05, 3.63) is 22.1 Å². The van der Waals surface area contributed by atoms with Crippen LogP contribution in [0, 0.1) is 17.0 Å². The summed E-state index contributed by atoms with van der Waals surface area (Å²) in [6, 6.07) is 0. The quantitative estimate of drug-likeness (QED) is 0.131. The first-order valence-electron chi connectivity index (χ1n) is 8.91. The Labute approximate surface area is 195 Å². The number of rotatable bonds is 15. The second kappa shape index (κ2) is 14.2. The van der Waals surface area contributed by atoms with Crippen LogP contribution in [0.1, 0.15) is 5.82 Å². The van der Waals surface area contributed by atoms with Crippen LogP contribution in [-0.4, -0.2) is 109 Å². The molecule has 0 saturated carbocycles. The molecule has 3 N–H and O–H groups in total. The summed E-state index contributed by atoms with van der Waals surface area (Å²) in [4.78, 5) is 61.1. The van der Waals surface area contributed by atoms with E-state index in [1.807, 2.05) is 0 Å². The first kappa shape index (κ1) is 29.1. The van der Waals surface area contributed by atoms with E-state index in [1.54, 1.807) is 6.92 Å². The van der Waals surface area contributed by atoms with E-state index in [2.05, 4.69) is 4.98 Å². The summed E-state index contributed by atoms with van der Waals surface area (Å²) in [7, 11) is 0. The van der Waals surface area contributed by atoms with Gasteiger partial charge in [0, 0.05) is 40.1 Å². The number of aromatic nitrogens is 2. The van der Waals surface area contributed by atoms with Gasteiger partial charge in [-0.25, -0.2) is 9.55 Å². The van der Waals surface area contributed by atoms with Crippen LogP contribution in [0.25, 0.3) is 0 Å². The van der Waals surface area contributed by atoms with Crippen molar-refractivity contribution in [1.29, 1.82) is 0 Å². The molecular formula is C16H23N5O10Tc. The number of aryl methyl sites for hydroxylation is 1. The van der Waals surface area contributed by atoms with Gasteiger partial charge in [-0.3, -0.25) is 29.0 Å². The van der Waals surface area contributed by atoms with E-state index >= 15 is 0 Å². The van der Waals surface area contributed by atoms with Gasteiger partial charge in [0.15, 0.2) is 5.82 Å². The van der Waals surface area contributed by atoms with Crippen LogP contribution in [0.5, 0.6) is 0 Å². The molecule has 179 valence electrons. The molecule has 0 spiro atoms. The van der Waals surface area contributed by atoms with Crippen LogP contribution in [-0.2, 0) is 50.6 Å². The molecule has 0 bridgehead atoms. The van der Waals surface area contributed by atoms with Crippen LogP contribution in [0.15, 0.2) is 6.20 Å². The van der Waals surface area contributed by atoms with Crippen molar-refractivity contribution >= 4 is 29.7 Å². The van der Waals surface area contributed by atoms with Crippen LogP contribution in [0.3, 0.4) is 0 Å². The molecule has 0 amide bonds. The third kappa shape index (κ3) is 10.9. The maximum Gasteiger partial charge on any atom is 0.342 e. The molecule has 0 saturated heterocycles. The van der Waals surface area contributed by atoms with Crippen LogP contribution < -0.4 is 0 Å². The van der Waals surface area contributed by atoms with Gasteiger partial charge < -0.3 is 30.2 Å². The zero-order chi connectivity index (χ0) is 23.6. The minimum atomic E-state index is -1.26. The average Bonchev–Trinajstić information content (AvgIpc) is 2.99. The normalized spacial score (nSPS) is 10.6. The molecule has 16 heteroatoms. The Balaban J connectivity index is 0.00000961. The number of esters is 1. The molecule has 1 rings (SSSR count). The molecule has 0 unspecified atom stereocenters. The minimum absolute atomic E-state index is 0. The fourth-order valence-corrected chi connectivity index (χ4v) is 2.64. The first-order valence-corrected chi connectivity index (χ1v) is 8.91. The van der Waals surface area contributed by atoms with Crippen molar-refractivity contribution < 1.29 is 64.3 Å². The predicted molar refractivity (Wildman–Crippen MR) is 100 cm³/mol. The molecule has 0 aliphatic rings. The molecule has 1 aromatic rings. The minimum Gasteiger partial charge on any atom is -0.480 e. The third-order valence-electron chi connectivity index (χ3n) is 3.96. The van der Waals surface area contributed by atoms with Crippen LogP contribution in [0.2, 0.25) is 0 Å². The maximum absolute atomic E-state index is 12.0. The Bertz CT molecular complexity index is 814. The molecular weight excluding hydrogens is 521 g/mol. The average molecular weight is 544 g/mol. The largest absolute Gasteiger partial charge is 0.480 e. The van der Waals surface area contributed by atoms with Gasteiger partial charge in [-0.1, -0.05) is 0 Å². The number of carboxylic acid groups (broad SMARTS) is 3. The summed E-state index contributed by atoms with van der Waals surface area (Å²) < 4.78 is 6.25. The molecule has 0 atom stereocenters. The smallest absolute Gasteiger partial charge is 0.342 e. The molecule has 1 heterocycles. The fourth-order valence-electron chi connectivity index (χ4n) is 2.64. The van der Waals surface area contributed by atoms with Gasteiger partial charge in [-0.15, -0.1) is 0 Å². The Kier molecular flexibility index (Phi) is 12.9. The molecule has 1 radical (unpaired) electrons. The van der Waals surface area contributed by atoms with Crippen molar-refractivity contribution in [2.45, 2.75) is 13.5 Å². The number of carbonyl (C=O) groups is 4. The van der Waals surface area contributed by atoms with Crippen molar-refractivity contribution in [3.63, 3.8) is 0 Å². The molecule has 0 aliphatic carbocycles. The Hall–Kier alpha value is -2.94.